The van der Waals surface area contributed by atoms with Gasteiger partial charge in [-0.3, -0.25) is 14.4 Å². The van der Waals surface area contributed by atoms with Crippen molar-refractivity contribution in [3.8, 4) is 0 Å². The molecule has 90 valence electrons. The molecular weight excluding hydrogens is 210 g/mol. The third-order valence-electron chi connectivity index (χ3n) is 2.46. The van der Waals surface area contributed by atoms with E-state index in [0.717, 1.165) is 6.42 Å². The van der Waals surface area contributed by atoms with E-state index in [1.807, 2.05) is 0 Å². The van der Waals surface area contributed by atoms with Crippen LogP contribution in [0, 0.1) is 0 Å². The summed E-state index contributed by atoms with van der Waals surface area (Å²) in [5.74, 6) is -0.293. The van der Waals surface area contributed by atoms with Gasteiger partial charge < -0.3 is 15.5 Å². The lowest BCUT2D eigenvalue weighted by Gasteiger charge is -2.14. The maximum absolute atomic E-state index is 11.4. The molecule has 1 fully saturated rings. The number of carbonyl (C=O) groups is 3. The van der Waals surface area contributed by atoms with Crippen molar-refractivity contribution in [2.75, 3.05) is 26.7 Å². The van der Waals surface area contributed by atoms with Gasteiger partial charge in [0.15, 0.2) is 0 Å². The summed E-state index contributed by atoms with van der Waals surface area (Å²) in [4.78, 5) is 35.0. The zero-order valence-corrected chi connectivity index (χ0v) is 9.41. The molecule has 0 unspecified atom stereocenters. The van der Waals surface area contributed by atoms with E-state index in [0.29, 0.717) is 19.5 Å². The molecule has 1 rings (SSSR count). The van der Waals surface area contributed by atoms with Gasteiger partial charge in [-0.15, -0.1) is 0 Å². The van der Waals surface area contributed by atoms with Crippen LogP contribution in [0.5, 0.6) is 0 Å². The van der Waals surface area contributed by atoms with E-state index in [9.17, 15) is 14.4 Å². The standard InChI is InChI=1S/C10H17N3O3/c1-11-8(14)4-5-12-9(15)7-13-6-2-3-10(13)16/h2-7H2,1H3,(H,11,14)(H,12,15). The Labute approximate surface area is 94.4 Å². The van der Waals surface area contributed by atoms with E-state index >= 15 is 0 Å². The van der Waals surface area contributed by atoms with Crippen molar-refractivity contribution in [2.45, 2.75) is 19.3 Å². The SMILES string of the molecule is CNC(=O)CCNC(=O)CN1CCCC1=O. The number of hydrogen-bond donors (Lipinski definition) is 2. The van der Waals surface area contributed by atoms with Crippen molar-refractivity contribution < 1.29 is 14.4 Å². The van der Waals surface area contributed by atoms with Crippen molar-refractivity contribution in [1.82, 2.24) is 15.5 Å². The lowest BCUT2D eigenvalue weighted by molar-refractivity contribution is -0.133. The monoisotopic (exact) mass is 227 g/mol. The number of nitrogens with zero attached hydrogens (tertiary/aromatic N) is 1. The zero-order valence-electron chi connectivity index (χ0n) is 9.41. The van der Waals surface area contributed by atoms with E-state index in [-0.39, 0.29) is 30.7 Å². The first kappa shape index (κ1) is 12.5. The third kappa shape index (κ3) is 3.88. The molecule has 1 saturated heterocycles. The molecule has 6 nitrogen and oxygen atoms in total. The van der Waals surface area contributed by atoms with Gasteiger partial charge in [0.1, 0.15) is 0 Å². The Morgan fingerprint density at radius 2 is 2.12 bits per heavy atom. The third-order valence-corrected chi connectivity index (χ3v) is 2.46. The molecule has 0 aromatic rings. The fourth-order valence-electron chi connectivity index (χ4n) is 1.54. The number of likely N-dealkylation sites (tertiary alicyclic amines) is 1. The van der Waals surface area contributed by atoms with Crippen molar-refractivity contribution >= 4 is 17.7 Å². The molecule has 0 aromatic heterocycles. The summed E-state index contributed by atoms with van der Waals surface area (Å²) >= 11 is 0. The average Bonchev–Trinajstić information content (AvgIpc) is 2.64. The molecule has 0 spiro atoms. The predicted octanol–water partition coefficient (Wildman–Crippen LogP) is -1.14. The molecule has 2 N–H and O–H groups in total. The van der Waals surface area contributed by atoms with E-state index < -0.39 is 0 Å². The molecule has 1 aliphatic heterocycles. The topological polar surface area (TPSA) is 78.5 Å². The minimum absolute atomic E-state index is 0.0291. The predicted molar refractivity (Wildman–Crippen MR) is 57.5 cm³/mol. The van der Waals surface area contributed by atoms with Crippen LogP contribution in [0.25, 0.3) is 0 Å². The van der Waals surface area contributed by atoms with Gasteiger partial charge in [0.25, 0.3) is 0 Å². The number of amides is 3. The maximum atomic E-state index is 11.4. The van der Waals surface area contributed by atoms with Gasteiger partial charge in [-0.05, 0) is 6.42 Å². The van der Waals surface area contributed by atoms with E-state index in [4.69, 9.17) is 0 Å². The van der Waals surface area contributed by atoms with Gasteiger partial charge in [-0.25, -0.2) is 0 Å². The van der Waals surface area contributed by atoms with Gasteiger partial charge in [0, 0.05) is 33.0 Å². The minimum atomic E-state index is -0.209. The highest BCUT2D eigenvalue weighted by Crippen LogP contribution is 2.08. The van der Waals surface area contributed by atoms with Crippen LogP contribution in [-0.2, 0) is 14.4 Å². The van der Waals surface area contributed by atoms with Gasteiger partial charge >= 0.3 is 0 Å². The van der Waals surface area contributed by atoms with Crippen molar-refractivity contribution in [1.29, 1.82) is 0 Å². The summed E-state index contributed by atoms with van der Waals surface area (Å²) < 4.78 is 0. The highest BCUT2D eigenvalue weighted by atomic mass is 16.2. The maximum Gasteiger partial charge on any atom is 0.239 e. The van der Waals surface area contributed by atoms with Gasteiger partial charge in [-0.2, -0.15) is 0 Å². The quantitative estimate of drug-likeness (QED) is 0.623. The molecule has 0 atom stereocenters. The van der Waals surface area contributed by atoms with Crippen LogP contribution in [0.4, 0.5) is 0 Å². The normalized spacial score (nSPS) is 15.1. The van der Waals surface area contributed by atoms with Crippen LogP contribution in [0.15, 0.2) is 0 Å². The van der Waals surface area contributed by atoms with E-state index in [2.05, 4.69) is 10.6 Å². The Balaban J connectivity index is 2.16. The lowest BCUT2D eigenvalue weighted by atomic mass is 10.4. The minimum Gasteiger partial charge on any atom is -0.359 e. The first-order valence-corrected chi connectivity index (χ1v) is 5.38. The summed E-state index contributed by atoms with van der Waals surface area (Å²) in [6.45, 7) is 1.06. The van der Waals surface area contributed by atoms with E-state index in [1.165, 1.54) is 4.90 Å². The number of hydrogen-bond acceptors (Lipinski definition) is 3. The summed E-state index contributed by atoms with van der Waals surface area (Å²) in [6.07, 6.45) is 1.62. The van der Waals surface area contributed by atoms with Crippen molar-refractivity contribution in [2.24, 2.45) is 0 Å². The number of carbonyl (C=O) groups excluding carboxylic acids is 3. The molecule has 1 aliphatic rings. The molecule has 1 heterocycles. The second kappa shape index (κ2) is 6.09. The van der Waals surface area contributed by atoms with Crippen LogP contribution in [0.3, 0.4) is 0 Å². The smallest absolute Gasteiger partial charge is 0.239 e. The molecular formula is C10H17N3O3. The Morgan fingerprint density at radius 1 is 1.38 bits per heavy atom. The van der Waals surface area contributed by atoms with Gasteiger partial charge in [0.05, 0.1) is 6.54 Å². The summed E-state index contributed by atoms with van der Waals surface area (Å²) in [5, 5.41) is 5.07. The molecule has 0 radical (unpaired) electrons. The summed E-state index contributed by atoms with van der Waals surface area (Å²) in [7, 11) is 1.55. The second-order valence-electron chi connectivity index (χ2n) is 3.69. The van der Waals surface area contributed by atoms with Gasteiger partial charge in [-0.1, -0.05) is 0 Å². The zero-order chi connectivity index (χ0) is 12.0. The van der Waals surface area contributed by atoms with Crippen LogP contribution >= 0.6 is 0 Å². The Bertz CT molecular complexity index is 291. The molecule has 0 bridgehead atoms. The highest BCUT2D eigenvalue weighted by molar-refractivity contribution is 5.86. The van der Waals surface area contributed by atoms with Crippen molar-refractivity contribution in [3.05, 3.63) is 0 Å². The Morgan fingerprint density at radius 3 is 2.69 bits per heavy atom. The van der Waals surface area contributed by atoms with Crippen LogP contribution in [0.1, 0.15) is 19.3 Å². The molecule has 0 aliphatic carbocycles. The Hall–Kier alpha value is -1.59. The summed E-state index contributed by atoms with van der Waals surface area (Å²) in [5.41, 5.74) is 0. The van der Waals surface area contributed by atoms with E-state index in [1.54, 1.807) is 7.05 Å². The highest BCUT2D eigenvalue weighted by Gasteiger charge is 2.21. The van der Waals surface area contributed by atoms with Crippen molar-refractivity contribution in [3.63, 3.8) is 0 Å². The fourth-order valence-corrected chi connectivity index (χ4v) is 1.54. The molecule has 16 heavy (non-hydrogen) atoms. The van der Waals surface area contributed by atoms with Crippen LogP contribution in [-0.4, -0.2) is 49.3 Å². The largest absolute Gasteiger partial charge is 0.359 e. The van der Waals surface area contributed by atoms with Gasteiger partial charge in [0.2, 0.25) is 17.7 Å². The Kier molecular flexibility index (Phi) is 4.75. The molecule has 0 aromatic carbocycles. The fraction of sp³-hybridized carbons (Fsp3) is 0.700. The number of rotatable bonds is 5. The summed E-state index contributed by atoms with van der Waals surface area (Å²) in [6, 6.07) is 0. The molecule has 0 saturated carbocycles. The lowest BCUT2D eigenvalue weighted by Crippen LogP contribution is -2.39. The van der Waals surface area contributed by atoms with Crippen LogP contribution in [0.2, 0.25) is 0 Å². The molecule has 6 heteroatoms. The average molecular weight is 227 g/mol. The van der Waals surface area contributed by atoms with Crippen LogP contribution < -0.4 is 10.6 Å². The second-order valence-corrected chi connectivity index (χ2v) is 3.69. The first-order chi connectivity index (χ1) is 7.63. The first-order valence-electron chi connectivity index (χ1n) is 5.38. The number of nitrogens with one attached hydrogen (secondary N) is 2. The molecule has 3 amide bonds.